The smallest absolute Gasteiger partial charge is 0.382 e. The summed E-state index contributed by atoms with van der Waals surface area (Å²) in [6.45, 7) is 4.56. The Labute approximate surface area is 292 Å². The van der Waals surface area contributed by atoms with E-state index in [1.54, 1.807) is 80.6 Å². The molecule has 51 heavy (non-hydrogen) atoms. The molecule has 0 radical (unpaired) electrons. The van der Waals surface area contributed by atoms with Crippen molar-refractivity contribution in [1.29, 1.82) is 0 Å². The third kappa shape index (κ3) is 12.2. The highest BCUT2D eigenvalue weighted by atomic mass is 19.4. The Bertz CT molecular complexity index is 1650. The number of hydrogen-bond donors (Lipinski definition) is 6. The minimum absolute atomic E-state index is 0.0512. The summed E-state index contributed by atoms with van der Waals surface area (Å²) in [6.07, 6.45) is -9.35. The number of aliphatic hydroxyl groups excluding tert-OH is 1. The van der Waals surface area contributed by atoms with Gasteiger partial charge >= 0.3 is 6.18 Å². The Morgan fingerprint density at radius 1 is 0.745 bits per heavy atom. The Morgan fingerprint density at radius 3 is 1.84 bits per heavy atom. The molecule has 0 aliphatic heterocycles. The molecular formula is C36H41F4N5O6. The maximum absolute atomic E-state index is 13.6. The highest BCUT2D eigenvalue weighted by Crippen LogP contribution is 2.24. The predicted molar refractivity (Wildman–Crippen MR) is 180 cm³/mol. The molecule has 3 aromatic carbocycles. The molecule has 3 aromatic rings. The number of carbonyl (C=O) groups is 5. The number of rotatable bonds is 16. The molecule has 15 heteroatoms. The minimum atomic E-state index is -5.12. The van der Waals surface area contributed by atoms with E-state index < -0.39 is 84.7 Å². The molecule has 274 valence electrons. The molecule has 0 saturated carbocycles. The van der Waals surface area contributed by atoms with Crippen molar-refractivity contribution in [2.45, 2.75) is 76.5 Å². The summed E-state index contributed by atoms with van der Waals surface area (Å²) in [5, 5.41) is 19.5. The lowest BCUT2D eigenvalue weighted by atomic mass is 9.99. The molecule has 11 nitrogen and oxygen atoms in total. The van der Waals surface area contributed by atoms with Gasteiger partial charge in [0.15, 0.2) is 6.10 Å². The van der Waals surface area contributed by atoms with Crippen molar-refractivity contribution in [1.82, 2.24) is 21.3 Å². The van der Waals surface area contributed by atoms with Crippen LogP contribution in [-0.2, 0) is 25.6 Å². The number of nitrogens with one attached hydrogen (secondary N) is 4. The first-order valence-electron chi connectivity index (χ1n) is 16.1. The van der Waals surface area contributed by atoms with Crippen molar-refractivity contribution in [2.24, 2.45) is 11.7 Å². The summed E-state index contributed by atoms with van der Waals surface area (Å²) in [7, 11) is 0. The van der Waals surface area contributed by atoms with E-state index in [4.69, 9.17) is 5.73 Å². The fourth-order valence-corrected chi connectivity index (χ4v) is 5.06. The Morgan fingerprint density at radius 2 is 1.31 bits per heavy atom. The van der Waals surface area contributed by atoms with Gasteiger partial charge in [-0.25, -0.2) is 4.39 Å². The van der Waals surface area contributed by atoms with Gasteiger partial charge in [-0.2, -0.15) is 13.2 Å². The predicted octanol–water partition coefficient (Wildman–Crippen LogP) is 3.15. The van der Waals surface area contributed by atoms with E-state index >= 15 is 0 Å². The lowest BCUT2D eigenvalue weighted by molar-refractivity contribution is -0.212. The summed E-state index contributed by atoms with van der Waals surface area (Å²) in [5.74, 6) is -5.02. The zero-order valence-corrected chi connectivity index (χ0v) is 28.2. The maximum atomic E-state index is 13.6. The number of carbonyl (C=O) groups excluding carboxylic acids is 5. The van der Waals surface area contributed by atoms with Crippen LogP contribution >= 0.6 is 0 Å². The maximum Gasteiger partial charge on any atom is 0.416 e. The van der Waals surface area contributed by atoms with E-state index in [-0.39, 0.29) is 17.8 Å². The molecule has 2 unspecified atom stereocenters. The summed E-state index contributed by atoms with van der Waals surface area (Å²) >= 11 is 0. The summed E-state index contributed by atoms with van der Waals surface area (Å²) in [4.78, 5) is 64.3. The average molecular weight is 716 g/mol. The fourth-order valence-electron chi connectivity index (χ4n) is 5.06. The van der Waals surface area contributed by atoms with Crippen molar-refractivity contribution in [3.05, 3.63) is 95.8 Å². The molecule has 0 aromatic heterocycles. The Kier molecular flexibility index (Phi) is 14.2. The normalized spacial score (nSPS) is 14.4. The molecule has 0 aliphatic carbocycles. The molecule has 0 spiro atoms. The quantitative estimate of drug-likeness (QED) is 0.124. The topological polar surface area (TPSA) is 180 Å². The van der Waals surface area contributed by atoms with E-state index in [9.17, 15) is 46.6 Å². The average Bonchev–Trinajstić information content (AvgIpc) is 3.08. The molecule has 7 N–H and O–H groups in total. The Balaban J connectivity index is 1.74. The van der Waals surface area contributed by atoms with E-state index in [0.717, 1.165) is 11.1 Å². The van der Waals surface area contributed by atoms with Crippen LogP contribution in [0.2, 0.25) is 0 Å². The molecule has 0 bridgehead atoms. The second kappa shape index (κ2) is 18.1. The van der Waals surface area contributed by atoms with Crippen LogP contribution in [0.25, 0.3) is 11.1 Å². The molecular weight excluding hydrogens is 674 g/mol. The van der Waals surface area contributed by atoms with Crippen LogP contribution in [-0.4, -0.2) is 71.1 Å². The zero-order chi connectivity index (χ0) is 37.9. The standard InChI is InChI=1S/C36H41F4N5O6/c1-20(2)30(45-33(49)25-11-9-23(10-12-25)24-13-15-26(37)16-14-24)35(51)44-28(19-22-7-5-4-6-8-22)34(50)42-21(3)32(48)43-27(17-18-29(41)46)31(47)36(38,39)40/h4-16,20-21,27-28,30-31,47H,17-19H2,1-3H3,(H2,41,46)(H,42,50)(H,43,48)(H,44,51)(H,45,49)/t21-,27?,28-,30-,31?/m0/s1. The van der Waals surface area contributed by atoms with Crippen molar-refractivity contribution in [3.63, 3.8) is 0 Å². The number of amides is 5. The number of primary amides is 1. The minimum Gasteiger partial charge on any atom is -0.382 e. The van der Waals surface area contributed by atoms with Gasteiger partial charge in [-0.05, 0) is 60.2 Å². The number of alkyl halides is 3. The van der Waals surface area contributed by atoms with E-state index in [2.05, 4.69) is 16.0 Å². The van der Waals surface area contributed by atoms with E-state index in [1.807, 2.05) is 5.32 Å². The van der Waals surface area contributed by atoms with Gasteiger partial charge in [0.2, 0.25) is 23.6 Å². The molecule has 0 heterocycles. The van der Waals surface area contributed by atoms with Gasteiger partial charge in [-0.3, -0.25) is 24.0 Å². The Hall–Kier alpha value is -5.31. The first kappa shape index (κ1) is 40.1. The highest BCUT2D eigenvalue weighted by Gasteiger charge is 2.44. The molecule has 0 fully saturated rings. The SMILES string of the molecule is CC(C)[C@H](NC(=O)c1ccc(-c2ccc(F)cc2)cc1)C(=O)N[C@@H](Cc1ccccc1)C(=O)N[C@@H](C)C(=O)NC(CCC(N)=O)C(O)C(F)(F)F. The van der Waals surface area contributed by atoms with Crippen molar-refractivity contribution in [3.8, 4) is 11.1 Å². The van der Waals surface area contributed by atoms with Gasteiger partial charge in [-0.15, -0.1) is 0 Å². The van der Waals surface area contributed by atoms with Gasteiger partial charge in [-0.1, -0.05) is 68.4 Å². The lowest BCUT2D eigenvalue weighted by Gasteiger charge is -2.28. The molecule has 0 aliphatic rings. The van der Waals surface area contributed by atoms with Crippen molar-refractivity contribution in [2.75, 3.05) is 0 Å². The first-order chi connectivity index (χ1) is 24.0. The number of benzene rings is 3. The lowest BCUT2D eigenvalue weighted by Crippen LogP contribution is -2.59. The van der Waals surface area contributed by atoms with Crippen LogP contribution in [0.1, 0.15) is 49.5 Å². The second-order valence-corrected chi connectivity index (χ2v) is 12.4. The fraction of sp³-hybridized carbons (Fsp3) is 0.361. The number of hydrogen-bond acceptors (Lipinski definition) is 6. The van der Waals surface area contributed by atoms with Crippen LogP contribution in [0.5, 0.6) is 0 Å². The number of nitrogens with two attached hydrogens (primary N) is 1. The highest BCUT2D eigenvalue weighted by molar-refractivity contribution is 5.99. The molecule has 3 rings (SSSR count). The van der Waals surface area contributed by atoms with Crippen LogP contribution < -0.4 is 27.0 Å². The zero-order valence-electron chi connectivity index (χ0n) is 28.2. The summed E-state index contributed by atoms with van der Waals surface area (Å²) in [6, 6.07) is 15.0. The van der Waals surface area contributed by atoms with Crippen molar-refractivity contribution < 1.29 is 46.6 Å². The second-order valence-electron chi connectivity index (χ2n) is 12.4. The van der Waals surface area contributed by atoms with Crippen LogP contribution in [0.4, 0.5) is 17.6 Å². The third-order valence-electron chi connectivity index (χ3n) is 7.97. The van der Waals surface area contributed by atoms with Gasteiger partial charge in [0.25, 0.3) is 5.91 Å². The molecule has 5 atom stereocenters. The third-order valence-corrected chi connectivity index (χ3v) is 7.97. The number of aliphatic hydroxyl groups is 1. The van der Waals surface area contributed by atoms with E-state index in [1.165, 1.54) is 19.1 Å². The largest absolute Gasteiger partial charge is 0.416 e. The van der Waals surface area contributed by atoms with Crippen molar-refractivity contribution >= 4 is 29.5 Å². The van der Waals surface area contributed by atoms with Gasteiger partial charge in [0, 0.05) is 18.4 Å². The first-order valence-corrected chi connectivity index (χ1v) is 16.1. The van der Waals surface area contributed by atoms with Crippen LogP contribution in [0.15, 0.2) is 78.9 Å². The number of halogens is 4. The molecule has 0 saturated heterocycles. The van der Waals surface area contributed by atoms with Crippen LogP contribution in [0.3, 0.4) is 0 Å². The van der Waals surface area contributed by atoms with E-state index in [0.29, 0.717) is 5.56 Å². The monoisotopic (exact) mass is 715 g/mol. The molecule has 5 amide bonds. The van der Waals surface area contributed by atoms with Gasteiger partial charge in [0.05, 0.1) is 6.04 Å². The van der Waals surface area contributed by atoms with Gasteiger partial charge < -0.3 is 32.1 Å². The van der Waals surface area contributed by atoms with Gasteiger partial charge in [0.1, 0.15) is 23.9 Å². The van der Waals surface area contributed by atoms with Crippen LogP contribution in [0, 0.1) is 11.7 Å². The summed E-state index contributed by atoms with van der Waals surface area (Å²) < 4.78 is 53.0. The summed E-state index contributed by atoms with van der Waals surface area (Å²) in [5.41, 5.74) is 7.37.